The van der Waals surface area contributed by atoms with E-state index in [-0.39, 0.29) is 11.8 Å². The number of nitrogens with zero attached hydrogens (tertiary/aromatic N) is 1. The van der Waals surface area contributed by atoms with Crippen molar-refractivity contribution in [2.45, 2.75) is 17.7 Å². The van der Waals surface area contributed by atoms with Gasteiger partial charge in [-0.2, -0.15) is 0 Å². The van der Waals surface area contributed by atoms with Crippen LogP contribution in [0, 0.1) is 5.92 Å². The highest BCUT2D eigenvalue weighted by Crippen LogP contribution is 2.29. The van der Waals surface area contributed by atoms with Crippen LogP contribution in [0.5, 0.6) is 0 Å². The van der Waals surface area contributed by atoms with E-state index in [0.717, 1.165) is 9.37 Å². The first-order chi connectivity index (χ1) is 9.97. The molecule has 5 nitrogen and oxygen atoms in total. The number of hydrogen-bond donors (Lipinski definition) is 2. The van der Waals surface area contributed by atoms with Crippen molar-refractivity contribution < 1.29 is 14.7 Å². The Morgan fingerprint density at radius 1 is 1.38 bits per heavy atom. The van der Waals surface area contributed by atoms with Gasteiger partial charge in [0.25, 0.3) is 0 Å². The lowest BCUT2D eigenvalue weighted by atomic mass is 9.97. The normalized spacial score (nSPS) is 16.0. The number of nitrogens with two attached hydrogens (primary N) is 1. The van der Waals surface area contributed by atoms with Crippen molar-refractivity contribution in [1.29, 1.82) is 0 Å². The van der Waals surface area contributed by atoms with E-state index in [1.54, 1.807) is 11.0 Å². The summed E-state index contributed by atoms with van der Waals surface area (Å²) in [6.07, 6.45) is 1.08. The quantitative estimate of drug-likeness (QED) is 0.626. The van der Waals surface area contributed by atoms with Gasteiger partial charge in [-0.1, -0.05) is 0 Å². The van der Waals surface area contributed by atoms with Crippen molar-refractivity contribution in [3.8, 4) is 0 Å². The summed E-state index contributed by atoms with van der Waals surface area (Å²) >= 11 is 4.88. The fraction of sp³-hybridized carbons (Fsp3) is 0.429. The van der Waals surface area contributed by atoms with Gasteiger partial charge in [-0.3, -0.25) is 9.59 Å². The number of carboxylic acids is 1. The van der Waals surface area contributed by atoms with Crippen LogP contribution < -0.4 is 5.73 Å². The molecule has 1 heterocycles. The number of nitrogen functional groups attached to an aromatic ring is 1. The zero-order valence-electron chi connectivity index (χ0n) is 11.4. The molecule has 21 heavy (non-hydrogen) atoms. The van der Waals surface area contributed by atoms with E-state index < -0.39 is 5.97 Å². The largest absolute Gasteiger partial charge is 0.481 e. The topological polar surface area (TPSA) is 83.6 Å². The second-order valence-electron chi connectivity index (χ2n) is 4.97. The molecule has 1 aromatic rings. The van der Waals surface area contributed by atoms with Gasteiger partial charge < -0.3 is 15.7 Å². The first-order valence-corrected chi connectivity index (χ1v) is 8.43. The number of rotatable bonds is 4. The summed E-state index contributed by atoms with van der Waals surface area (Å²) in [6, 6.07) is 5.50. The average molecular weight is 373 g/mol. The smallest absolute Gasteiger partial charge is 0.306 e. The number of likely N-dealkylation sites (tertiary alicyclic amines) is 1. The number of piperidine rings is 1. The van der Waals surface area contributed by atoms with Crippen LogP contribution in [-0.4, -0.2) is 40.7 Å². The van der Waals surface area contributed by atoms with Crippen molar-refractivity contribution >= 4 is 45.3 Å². The molecule has 1 saturated heterocycles. The molecule has 0 aromatic heterocycles. The van der Waals surface area contributed by atoms with Gasteiger partial charge in [0.15, 0.2) is 0 Å². The maximum atomic E-state index is 12.1. The Kier molecular flexibility index (Phi) is 5.52. The number of carbonyl (C=O) groups excluding carboxylic acids is 1. The molecule has 0 atom stereocenters. The number of hydrogen-bond acceptors (Lipinski definition) is 4. The maximum absolute atomic E-state index is 12.1. The molecule has 114 valence electrons. The molecule has 7 heteroatoms. The fourth-order valence-electron chi connectivity index (χ4n) is 2.24. The van der Waals surface area contributed by atoms with Crippen LogP contribution in [0.3, 0.4) is 0 Å². The first kappa shape index (κ1) is 16.2. The number of benzene rings is 1. The van der Waals surface area contributed by atoms with Gasteiger partial charge in [-0.25, -0.2) is 0 Å². The van der Waals surface area contributed by atoms with E-state index in [1.807, 2.05) is 12.1 Å². The summed E-state index contributed by atoms with van der Waals surface area (Å²) in [5, 5.41) is 8.95. The van der Waals surface area contributed by atoms with E-state index in [9.17, 15) is 9.59 Å². The lowest BCUT2D eigenvalue weighted by Gasteiger charge is -2.30. The van der Waals surface area contributed by atoms with Crippen molar-refractivity contribution in [2.24, 2.45) is 5.92 Å². The second kappa shape index (κ2) is 7.17. The molecule has 1 fully saturated rings. The summed E-state index contributed by atoms with van der Waals surface area (Å²) in [5.41, 5.74) is 6.35. The number of carboxylic acid groups (broad SMARTS) is 1. The van der Waals surface area contributed by atoms with Gasteiger partial charge in [-0.05, 0) is 47.0 Å². The van der Waals surface area contributed by atoms with Crippen LogP contribution in [-0.2, 0) is 9.59 Å². The number of anilines is 1. The third-order valence-electron chi connectivity index (χ3n) is 3.50. The van der Waals surface area contributed by atoms with E-state index >= 15 is 0 Å². The average Bonchev–Trinajstić information content (AvgIpc) is 2.46. The molecule has 1 aliphatic rings. The van der Waals surface area contributed by atoms with Crippen LogP contribution in [0.1, 0.15) is 12.8 Å². The lowest BCUT2D eigenvalue weighted by Crippen LogP contribution is -2.41. The first-order valence-electron chi connectivity index (χ1n) is 6.66. The minimum atomic E-state index is -0.762. The lowest BCUT2D eigenvalue weighted by molar-refractivity contribution is -0.145. The SMILES string of the molecule is Nc1ccc(SCC(=O)N2CCC(C(=O)O)CC2)c(Br)c1. The molecular formula is C14H17BrN2O3S. The van der Waals surface area contributed by atoms with Crippen LogP contribution in [0.25, 0.3) is 0 Å². The van der Waals surface area contributed by atoms with Gasteiger partial charge >= 0.3 is 5.97 Å². The van der Waals surface area contributed by atoms with Gasteiger partial charge in [0.2, 0.25) is 5.91 Å². The van der Waals surface area contributed by atoms with Crippen molar-refractivity contribution in [1.82, 2.24) is 4.90 Å². The Morgan fingerprint density at radius 2 is 2.05 bits per heavy atom. The fourth-order valence-corrected chi connectivity index (χ4v) is 3.80. The van der Waals surface area contributed by atoms with E-state index in [2.05, 4.69) is 15.9 Å². The third-order valence-corrected chi connectivity index (χ3v) is 5.48. The highest BCUT2D eigenvalue weighted by molar-refractivity contribution is 9.10. The van der Waals surface area contributed by atoms with Crippen LogP contribution in [0.4, 0.5) is 5.69 Å². The summed E-state index contributed by atoms with van der Waals surface area (Å²) < 4.78 is 0.880. The highest BCUT2D eigenvalue weighted by atomic mass is 79.9. The number of carbonyl (C=O) groups is 2. The summed E-state index contributed by atoms with van der Waals surface area (Å²) in [4.78, 5) is 25.7. The number of amides is 1. The van der Waals surface area contributed by atoms with Crippen molar-refractivity contribution in [2.75, 3.05) is 24.6 Å². The van der Waals surface area contributed by atoms with Crippen LogP contribution >= 0.6 is 27.7 Å². The Balaban J connectivity index is 1.84. The van der Waals surface area contributed by atoms with E-state index in [0.29, 0.717) is 37.4 Å². The van der Waals surface area contributed by atoms with Gasteiger partial charge in [0.05, 0.1) is 11.7 Å². The van der Waals surface area contributed by atoms with Crippen LogP contribution in [0.15, 0.2) is 27.6 Å². The predicted molar refractivity (Wildman–Crippen MR) is 86.2 cm³/mol. The minimum absolute atomic E-state index is 0.0487. The zero-order valence-corrected chi connectivity index (χ0v) is 13.8. The Morgan fingerprint density at radius 3 is 2.62 bits per heavy atom. The summed E-state index contributed by atoms with van der Waals surface area (Å²) in [7, 11) is 0. The number of thioether (sulfide) groups is 1. The second-order valence-corrected chi connectivity index (χ2v) is 6.84. The molecule has 3 N–H and O–H groups in total. The van der Waals surface area contributed by atoms with Gasteiger partial charge in [0.1, 0.15) is 0 Å². The molecule has 0 spiro atoms. The van der Waals surface area contributed by atoms with E-state index in [1.165, 1.54) is 11.8 Å². The molecule has 0 radical (unpaired) electrons. The third kappa shape index (κ3) is 4.38. The molecule has 0 aliphatic carbocycles. The van der Waals surface area contributed by atoms with E-state index in [4.69, 9.17) is 10.8 Å². The Labute approximate surface area is 136 Å². The predicted octanol–water partition coefficient (Wildman–Crippen LogP) is 2.45. The Hall–Kier alpha value is -1.21. The van der Waals surface area contributed by atoms with Crippen molar-refractivity contribution in [3.05, 3.63) is 22.7 Å². The van der Waals surface area contributed by atoms with Gasteiger partial charge in [0, 0.05) is 28.1 Å². The molecule has 0 bridgehead atoms. The molecule has 1 amide bonds. The van der Waals surface area contributed by atoms with Crippen LogP contribution in [0.2, 0.25) is 0 Å². The monoisotopic (exact) mass is 372 g/mol. The maximum Gasteiger partial charge on any atom is 0.306 e. The molecule has 0 saturated carbocycles. The standard InChI is InChI=1S/C14H17BrN2O3S/c15-11-7-10(16)1-2-12(11)21-8-13(18)17-5-3-9(4-6-17)14(19)20/h1-2,7,9H,3-6,8,16H2,(H,19,20). The van der Waals surface area contributed by atoms with Gasteiger partial charge in [-0.15, -0.1) is 11.8 Å². The number of aliphatic carboxylic acids is 1. The summed E-state index contributed by atoms with van der Waals surface area (Å²) in [5.74, 6) is -0.678. The number of halogens is 1. The molecule has 0 unspecified atom stereocenters. The zero-order chi connectivity index (χ0) is 15.4. The molecule has 1 aliphatic heterocycles. The molecule has 1 aromatic carbocycles. The molecule has 2 rings (SSSR count). The Bertz CT molecular complexity index is 545. The summed E-state index contributed by atoms with van der Waals surface area (Å²) in [6.45, 7) is 1.05. The minimum Gasteiger partial charge on any atom is -0.481 e. The van der Waals surface area contributed by atoms with Crippen molar-refractivity contribution in [3.63, 3.8) is 0 Å². The highest BCUT2D eigenvalue weighted by Gasteiger charge is 2.26. The molecular weight excluding hydrogens is 356 g/mol.